The number of esters is 1. The Morgan fingerprint density at radius 1 is 1.44 bits per heavy atom. The maximum absolute atomic E-state index is 10.9. The predicted octanol–water partition coefficient (Wildman–Crippen LogP) is 2.45. The smallest absolute Gasteiger partial charge is 0.309 e. The molecule has 1 aliphatic carbocycles. The molecule has 16 heavy (non-hydrogen) atoms. The number of ether oxygens (including phenoxy) is 2. The third-order valence-electron chi connectivity index (χ3n) is 3.61. The Hall–Kier alpha value is -0.830. The van der Waals surface area contributed by atoms with Crippen LogP contribution in [0.3, 0.4) is 0 Å². The van der Waals surface area contributed by atoms with E-state index in [-0.39, 0.29) is 5.97 Å². The topological polar surface area (TPSA) is 35.5 Å². The molecule has 1 aliphatic heterocycles. The van der Waals surface area contributed by atoms with Crippen LogP contribution in [-0.4, -0.2) is 25.3 Å². The maximum atomic E-state index is 10.9. The molecule has 0 N–H and O–H groups in total. The molecule has 1 saturated carbocycles. The molecule has 2 aliphatic rings. The van der Waals surface area contributed by atoms with E-state index in [1.807, 2.05) is 6.08 Å². The van der Waals surface area contributed by atoms with Gasteiger partial charge in [-0.25, -0.2) is 0 Å². The van der Waals surface area contributed by atoms with Gasteiger partial charge in [-0.2, -0.15) is 0 Å². The van der Waals surface area contributed by atoms with Gasteiger partial charge in [0, 0.05) is 0 Å². The molecule has 2 bridgehead atoms. The minimum absolute atomic E-state index is 0.178. The van der Waals surface area contributed by atoms with E-state index in [9.17, 15) is 4.79 Å². The van der Waals surface area contributed by atoms with Crippen LogP contribution < -0.4 is 0 Å². The van der Waals surface area contributed by atoms with Crippen molar-refractivity contribution in [2.45, 2.75) is 50.7 Å². The molecule has 2 fully saturated rings. The summed E-state index contributed by atoms with van der Waals surface area (Å²) >= 11 is 0. The summed E-state index contributed by atoms with van der Waals surface area (Å²) in [5.74, 6) is 0.573. The monoisotopic (exact) mass is 224 g/mol. The van der Waals surface area contributed by atoms with Gasteiger partial charge >= 0.3 is 5.97 Å². The van der Waals surface area contributed by atoms with Crippen molar-refractivity contribution in [1.29, 1.82) is 0 Å². The number of carbonyl (C=O) groups excluding carboxylic acids is 1. The Morgan fingerprint density at radius 3 is 3.06 bits per heavy atom. The van der Waals surface area contributed by atoms with Crippen LogP contribution in [0, 0.1) is 5.92 Å². The van der Waals surface area contributed by atoms with E-state index in [0.717, 1.165) is 12.3 Å². The second-order valence-electron chi connectivity index (χ2n) is 4.71. The summed E-state index contributed by atoms with van der Waals surface area (Å²) < 4.78 is 10.5. The number of hydrogen-bond acceptors (Lipinski definition) is 3. The van der Waals surface area contributed by atoms with Gasteiger partial charge in [-0.05, 0) is 31.6 Å². The molecule has 1 heterocycles. The first-order valence-electron chi connectivity index (χ1n) is 6.17. The fraction of sp³-hybridized carbons (Fsp3) is 0.769. The van der Waals surface area contributed by atoms with Crippen LogP contribution in [0.25, 0.3) is 0 Å². The van der Waals surface area contributed by atoms with Gasteiger partial charge < -0.3 is 9.47 Å². The zero-order valence-electron chi connectivity index (χ0n) is 9.85. The van der Waals surface area contributed by atoms with Crippen molar-refractivity contribution in [3.8, 4) is 0 Å². The number of methoxy groups -OCH3 is 1. The lowest BCUT2D eigenvalue weighted by Crippen LogP contribution is -2.14. The molecule has 3 nitrogen and oxygen atoms in total. The number of fused-ring (bicyclic) bond motifs is 2. The third-order valence-corrected chi connectivity index (χ3v) is 3.61. The molecule has 0 aromatic carbocycles. The standard InChI is InChI=1S/C13H20O3/c1-15-13(14)8-3-2-7-12-10-5-4-6-11(9-10)16-12/h2-3,10-12H,4-9H2,1H3/b3-2+/t10-,11+,12?/m1/s1. The van der Waals surface area contributed by atoms with Crippen molar-refractivity contribution in [3.63, 3.8) is 0 Å². The first kappa shape index (κ1) is 11.6. The molecule has 0 radical (unpaired) electrons. The highest BCUT2D eigenvalue weighted by molar-refractivity contribution is 5.70. The highest BCUT2D eigenvalue weighted by Gasteiger charge is 2.36. The van der Waals surface area contributed by atoms with Gasteiger partial charge in [0.25, 0.3) is 0 Å². The van der Waals surface area contributed by atoms with Gasteiger partial charge in [-0.1, -0.05) is 18.6 Å². The van der Waals surface area contributed by atoms with Crippen molar-refractivity contribution in [2.24, 2.45) is 5.92 Å². The van der Waals surface area contributed by atoms with Gasteiger partial charge in [0.15, 0.2) is 0 Å². The Labute approximate surface area is 96.8 Å². The molecule has 3 heteroatoms. The molecule has 1 saturated heterocycles. The summed E-state index contributed by atoms with van der Waals surface area (Å²) in [4.78, 5) is 10.9. The highest BCUT2D eigenvalue weighted by Crippen LogP contribution is 2.39. The van der Waals surface area contributed by atoms with Gasteiger partial charge in [0.1, 0.15) is 0 Å². The van der Waals surface area contributed by atoms with Crippen LogP contribution >= 0.6 is 0 Å². The van der Waals surface area contributed by atoms with Gasteiger partial charge in [-0.3, -0.25) is 4.79 Å². The fourth-order valence-electron chi connectivity index (χ4n) is 2.74. The SMILES string of the molecule is COC(=O)C/C=C/CC1O[C@H]2CCC[C@@H]1C2. The van der Waals surface area contributed by atoms with Crippen LogP contribution in [0.5, 0.6) is 0 Å². The summed E-state index contributed by atoms with van der Waals surface area (Å²) in [5.41, 5.74) is 0. The summed E-state index contributed by atoms with van der Waals surface area (Å²) in [6.07, 6.45) is 11.3. The van der Waals surface area contributed by atoms with E-state index in [1.54, 1.807) is 0 Å². The Kier molecular flexibility index (Phi) is 3.99. The lowest BCUT2D eigenvalue weighted by molar-refractivity contribution is -0.139. The average molecular weight is 224 g/mol. The largest absolute Gasteiger partial charge is 0.469 e. The average Bonchev–Trinajstić information content (AvgIpc) is 2.59. The minimum Gasteiger partial charge on any atom is -0.469 e. The lowest BCUT2D eigenvalue weighted by atomic mass is 9.86. The Bertz CT molecular complexity index is 272. The molecule has 1 unspecified atom stereocenters. The molecule has 3 atom stereocenters. The molecule has 90 valence electrons. The van der Waals surface area contributed by atoms with Crippen LogP contribution in [0.4, 0.5) is 0 Å². The first-order chi connectivity index (χ1) is 7.79. The third kappa shape index (κ3) is 2.85. The van der Waals surface area contributed by atoms with Crippen molar-refractivity contribution >= 4 is 5.97 Å². The van der Waals surface area contributed by atoms with Crippen molar-refractivity contribution in [2.75, 3.05) is 7.11 Å². The Balaban J connectivity index is 1.72. The molecule has 0 amide bonds. The second kappa shape index (κ2) is 5.48. The first-order valence-corrected chi connectivity index (χ1v) is 6.17. The molecule has 0 spiro atoms. The zero-order chi connectivity index (χ0) is 11.4. The highest BCUT2D eigenvalue weighted by atomic mass is 16.5. The maximum Gasteiger partial charge on any atom is 0.309 e. The van der Waals surface area contributed by atoms with Crippen molar-refractivity contribution in [1.82, 2.24) is 0 Å². The second-order valence-corrected chi connectivity index (χ2v) is 4.71. The molecule has 0 aromatic heterocycles. The van der Waals surface area contributed by atoms with Crippen LogP contribution in [-0.2, 0) is 14.3 Å². The van der Waals surface area contributed by atoms with E-state index in [0.29, 0.717) is 18.6 Å². The van der Waals surface area contributed by atoms with E-state index >= 15 is 0 Å². The van der Waals surface area contributed by atoms with E-state index in [2.05, 4.69) is 10.8 Å². The van der Waals surface area contributed by atoms with Gasteiger partial charge in [0.2, 0.25) is 0 Å². The molecular formula is C13H20O3. The lowest BCUT2D eigenvalue weighted by Gasteiger charge is -2.16. The normalized spacial score (nSPS) is 33.2. The number of carbonyl (C=O) groups is 1. The van der Waals surface area contributed by atoms with Crippen LogP contribution in [0.15, 0.2) is 12.2 Å². The summed E-state index contributed by atoms with van der Waals surface area (Å²) in [7, 11) is 1.42. The van der Waals surface area contributed by atoms with Crippen LogP contribution in [0.1, 0.15) is 38.5 Å². The fourth-order valence-corrected chi connectivity index (χ4v) is 2.74. The van der Waals surface area contributed by atoms with Gasteiger partial charge in [0.05, 0.1) is 25.7 Å². The quantitative estimate of drug-likeness (QED) is 0.543. The van der Waals surface area contributed by atoms with E-state index < -0.39 is 0 Å². The number of hydrogen-bond donors (Lipinski definition) is 0. The number of rotatable bonds is 4. The summed E-state index contributed by atoms with van der Waals surface area (Å²) in [6, 6.07) is 0. The summed E-state index contributed by atoms with van der Waals surface area (Å²) in [5, 5.41) is 0. The predicted molar refractivity (Wildman–Crippen MR) is 61.0 cm³/mol. The van der Waals surface area contributed by atoms with Crippen molar-refractivity contribution < 1.29 is 14.3 Å². The summed E-state index contributed by atoms with van der Waals surface area (Å²) in [6.45, 7) is 0. The zero-order valence-corrected chi connectivity index (χ0v) is 9.85. The van der Waals surface area contributed by atoms with Crippen molar-refractivity contribution in [3.05, 3.63) is 12.2 Å². The van der Waals surface area contributed by atoms with Crippen LogP contribution in [0.2, 0.25) is 0 Å². The molecule has 0 aromatic rings. The van der Waals surface area contributed by atoms with Gasteiger partial charge in [-0.15, -0.1) is 0 Å². The van der Waals surface area contributed by atoms with E-state index in [4.69, 9.17) is 4.74 Å². The Morgan fingerprint density at radius 2 is 2.31 bits per heavy atom. The van der Waals surface area contributed by atoms with E-state index in [1.165, 1.54) is 32.8 Å². The minimum atomic E-state index is -0.178. The molecular weight excluding hydrogens is 204 g/mol. The molecule has 2 rings (SSSR count).